The Hall–Kier alpha value is -1.51. The Morgan fingerprint density at radius 2 is 1.65 bits per heavy atom. The summed E-state index contributed by atoms with van der Waals surface area (Å²) in [6.07, 6.45) is 8.89. The smallest absolute Gasteiger partial charge is 1.00 e. The molecule has 0 aromatic heterocycles. The van der Waals surface area contributed by atoms with Crippen molar-refractivity contribution >= 4 is 30.6 Å². The second-order valence-electron chi connectivity index (χ2n) is 8.60. The molecule has 0 amide bonds. The second-order valence-corrected chi connectivity index (χ2v) is 11.0. The van der Waals surface area contributed by atoms with Gasteiger partial charge in [0.25, 0.3) is 0 Å². The molecule has 0 saturated carbocycles. The van der Waals surface area contributed by atoms with Crippen LogP contribution in [-0.4, -0.2) is 19.8 Å². The minimum Gasteiger partial charge on any atom is -1.00 e. The van der Waals surface area contributed by atoms with Crippen molar-refractivity contribution in [1.82, 2.24) is 0 Å². The molecule has 0 unspecified atom stereocenters. The summed E-state index contributed by atoms with van der Waals surface area (Å²) in [5.74, 6) is 0. The van der Waals surface area contributed by atoms with E-state index >= 15 is 0 Å². The number of fused-ring (bicyclic) bond motifs is 2. The van der Waals surface area contributed by atoms with Crippen LogP contribution in [0.5, 0.6) is 0 Å². The molecule has 5 heteroatoms. The van der Waals surface area contributed by atoms with Crippen molar-refractivity contribution in [1.29, 1.82) is 0 Å². The summed E-state index contributed by atoms with van der Waals surface area (Å²) < 4.78 is 0. The molecule has 0 bridgehead atoms. The van der Waals surface area contributed by atoms with Crippen LogP contribution in [0.1, 0.15) is 25.8 Å². The van der Waals surface area contributed by atoms with Crippen molar-refractivity contribution in [3.63, 3.8) is 0 Å². The van der Waals surface area contributed by atoms with Crippen LogP contribution < -0.4 is 24.8 Å². The first-order valence-electron chi connectivity index (χ1n) is 11.1. The van der Waals surface area contributed by atoms with Crippen molar-refractivity contribution < 1.29 is 51.0 Å². The van der Waals surface area contributed by atoms with Crippen molar-refractivity contribution in [3.8, 4) is 11.1 Å². The average Bonchev–Trinajstić information content (AvgIpc) is 3.41. The SMILES string of the molecule is CC1=CC2=CC(C=[Si](C)C)=NC2=C1.CCCc1ccc(-c2cc3ccccc3[cH-]2)cc1.[Cl-].[Cl-].[Zr+3]. The van der Waals surface area contributed by atoms with Gasteiger partial charge in [-0.1, -0.05) is 80.1 Å². The summed E-state index contributed by atoms with van der Waals surface area (Å²) in [4.78, 5) is 4.54. The standard InChI is InChI=1S/C18H17.C11H13NSi.2ClH.Zr/c1-2-5-14-8-10-15(11-9-14)18-12-16-6-3-4-7-17(16)13-18;1-8-4-9-6-10(7-13(2)3)12-11(9)5-8;;;/h3-4,6-13H,2,5H2,1H3;4-7H,1-3H3;2*1H;/q-1;;;;+3/p-2. The van der Waals surface area contributed by atoms with Gasteiger partial charge in [0.05, 0.1) is 11.4 Å². The van der Waals surface area contributed by atoms with Crippen LogP contribution in [0.2, 0.25) is 13.1 Å². The Kier molecular flexibility index (Phi) is 12.7. The summed E-state index contributed by atoms with van der Waals surface area (Å²) >= 11 is 0. The summed E-state index contributed by atoms with van der Waals surface area (Å²) in [6, 6.07) is 22.0. The molecule has 1 heterocycles. The zero-order chi connectivity index (χ0) is 21.8. The van der Waals surface area contributed by atoms with Crippen LogP contribution in [0.15, 0.2) is 101 Å². The van der Waals surface area contributed by atoms with Gasteiger partial charge in [0.15, 0.2) is 0 Å². The Labute approximate surface area is 237 Å². The van der Waals surface area contributed by atoms with Gasteiger partial charge in [-0.05, 0) is 42.7 Å². The Balaban J connectivity index is 0.000000326. The minimum atomic E-state index is -0.310. The molecule has 1 nitrogen and oxygen atoms in total. The summed E-state index contributed by atoms with van der Waals surface area (Å²) in [7, 11) is -0.310. The van der Waals surface area contributed by atoms with E-state index in [4.69, 9.17) is 0 Å². The third kappa shape index (κ3) is 7.75. The number of aryl methyl sites for hydroxylation is 1. The minimum absolute atomic E-state index is 0. The van der Waals surface area contributed by atoms with E-state index < -0.39 is 0 Å². The molecule has 1 radical (unpaired) electrons. The van der Waals surface area contributed by atoms with E-state index in [0.29, 0.717) is 0 Å². The van der Waals surface area contributed by atoms with Gasteiger partial charge in [-0.3, -0.25) is 0 Å². The molecule has 0 N–H and O–H groups in total. The van der Waals surface area contributed by atoms with Crippen LogP contribution in [0.4, 0.5) is 0 Å². The van der Waals surface area contributed by atoms with Crippen LogP contribution >= 0.6 is 0 Å². The van der Waals surface area contributed by atoms with Crippen molar-refractivity contribution in [2.75, 3.05) is 0 Å². The third-order valence-electron chi connectivity index (χ3n) is 5.48. The topological polar surface area (TPSA) is 12.4 Å². The van der Waals surface area contributed by atoms with E-state index in [-0.39, 0.29) is 59.4 Å². The summed E-state index contributed by atoms with van der Waals surface area (Å²) in [5.41, 5.74) is 11.2. The molecule has 1 aliphatic carbocycles. The molecule has 0 spiro atoms. The van der Waals surface area contributed by atoms with Crippen LogP contribution in [0, 0.1) is 0 Å². The molecule has 3 aromatic rings. The number of rotatable bonds is 4. The van der Waals surface area contributed by atoms with Crippen molar-refractivity contribution in [2.24, 2.45) is 4.99 Å². The number of nitrogens with zero attached hydrogens (tertiary/aromatic N) is 1. The molecule has 0 saturated heterocycles. The van der Waals surface area contributed by atoms with Crippen LogP contribution in [0.25, 0.3) is 21.9 Å². The first-order valence-corrected chi connectivity index (χ1v) is 13.7. The Bertz CT molecular complexity index is 1220. The number of halogens is 2. The Morgan fingerprint density at radius 3 is 2.26 bits per heavy atom. The molecule has 34 heavy (non-hydrogen) atoms. The van der Waals surface area contributed by atoms with Crippen LogP contribution in [0.3, 0.4) is 0 Å². The zero-order valence-corrected chi connectivity index (χ0v) is 25.2. The van der Waals surface area contributed by atoms with E-state index in [2.05, 4.69) is 116 Å². The molecule has 173 valence electrons. The maximum absolute atomic E-state index is 4.54. The van der Waals surface area contributed by atoms with Gasteiger partial charge >= 0.3 is 26.2 Å². The van der Waals surface area contributed by atoms with Gasteiger partial charge < -0.3 is 24.8 Å². The first-order chi connectivity index (χ1) is 15.0. The number of benzene rings is 2. The molecule has 0 fully saturated rings. The van der Waals surface area contributed by atoms with Gasteiger partial charge in [-0.2, -0.15) is 0 Å². The van der Waals surface area contributed by atoms with Gasteiger partial charge in [0.1, 0.15) is 0 Å². The van der Waals surface area contributed by atoms with Crippen molar-refractivity contribution in [3.05, 3.63) is 101 Å². The quantitative estimate of drug-likeness (QED) is 0.327. The van der Waals surface area contributed by atoms with E-state index in [1.165, 1.54) is 51.5 Å². The van der Waals surface area contributed by atoms with E-state index in [1.54, 1.807) is 0 Å². The third-order valence-corrected chi connectivity index (χ3v) is 6.35. The predicted octanol–water partition coefficient (Wildman–Crippen LogP) is 1.53. The monoisotopic (exact) mass is 580 g/mol. The van der Waals surface area contributed by atoms with Crippen molar-refractivity contribution in [2.45, 2.75) is 39.8 Å². The molecule has 2 aliphatic rings. The molecule has 5 rings (SSSR count). The normalized spacial score (nSPS) is 12.9. The summed E-state index contributed by atoms with van der Waals surface area (Å²) in [6.45, 7) is 8.88. The van der Waals surface area contributed by atoms with E-state index in [9.17, 15) is 0 Å². The average molecular weight is 583 g/mol. The number of hydrogen-bond acceptors (Lipinski definition) is 1. The molecule has 3 aromatic carbocycles. The van der Waals surface area contributed by atoms with Gasteiger partial charge in [-0.15, -0.1) is 34.5 Å². The molecule has 1 aliphatic heterocycles. The van der Waals surface area contributed by atoms with E-state index in [0.717, 1.165) is 11.4 Å². The maximum Gasteiger partial charge on any atom is 3.00 e. The van der Waals surface area contributed by atoms with E-state index in [1.807, 2.05) is 0 Å². The fraction of sp³-hybridized carbons (Fsp3) is 0.207. The Morgan fingerprint density at radius 1 is 0.941 bits per heavy atom. The predicted molar refractivity (Wildman–Crippen MR) is 140 cm³/mol. The largest absolute Gasteiger partial charge is 3.00 e. The fourth-order valence-electron chi connectivity index (χ4n) is 4.04. The second kappa shape index (κ2) is 14.1. The molecular formula is C29H30Cl2NSiZr. The zero-order valence-electron chi connectivity index (χ0n) is 20.2. The van der Waals surface area contributed by atoms with Gasteiger partial charge in [0, 0.05) is 14.0 Å². The maximum atomic E-state index is 4.54. The number of aliphatic imine (C=N–C) groups is 1. The first kappa shape index (κ1) is 30.5. The number of allylic oxidation sites excluding steroid dienone is 4. The molecule has 0 atom stereocenters. The van der Waals surface area contributed by atoms with Crippen LogP contribution in [-0.2, 0) is 32.6 Å². The molecular weight excluding hydrogens is 553 g/mol. The van der Waals surface area contributed by atoms with Gasteiger partial charge in [0.2, 0.25) is 0 Å². The fourth-order valence-corrected chi connectivity index (χ4v) is 4.78. The summed E-state index contributed by atoms with van der Waals surface area (Å²) in [5, 5.41) is 2.65. The number of hydrogen-bond donors (Lipinski definition) is 0. The van der Waals surface area contributed by atoms with Gasteiger partial charge in [-0.25, -0.2) is 4.99 Å².